The molecule has 0 saturated carbocycles. The van der Waals surface area contributed by atoms with E-state index in [1.165, 1.54) is 0 Å². The SMILES string of the molecule is CCCCOC(C)CCOC(=O)CCCCC(=O)O. The van der Waals surface area contributed by atoms with Crippen molar-refractivity contribution in [3.63, 3.8) is 0 Å². The maximum Gasteiger partial charge on any atom is 0.305 e. The Kier molecular flexibility index (Phi) is 11.3. The van der Waals surface area contributed by atoms with Gasteiger partial charge in [0.1, 0.15) is 0 Å². The molecule has 0 rings (SSSR count). The standard InChI is InChI=1S/C14H26O5/c1-3-4-10-18-12(2)9-11-19-14(17)8-6-5-7-13(15)16/h12H,3-11H2,1-2H3,(H,15,16). The first-order valence-corrected chi connectivity index (χ1v) is 7.05. The molecule has 0 fully saturated rings. The third kappa shape index (κ3) is 13.1. The highest BCUT2D eigenvalue weighted by Gasteiger charge is 2.06. The van der Waals surface area contributed by atoms with Crippen LogP contribution in [-0.4, -0.2) is 36.4 Å². The zero-order valence-electron chi connectivity index (χ0n) is 12.0. The summed E-state index contributed by atoms with van der Waals surface area (Å²) in [5, 5.41) is 8.44. The molecule has 0 aromatic rings. The minimum absolute atomic E-state index is 0.103. The summed E-state index contributed by atoms with van der Waals surface area (Å²) < 4.78 is 10.6. The van der Waals surface area contributed by atoms with Gasteiger partial charge >= 0.3 is 11.9 Å². The van der Waals surface area contributed by atoms with Crippen molar-refractivity contribution in [1.29, 1.82) is 0 Å². The molecule has 1 atom stereocenters. The zero-order chi connectivity index (χ0) is 14.5. The first-order valence-electron chi connectivity index (χ1n) is 7.05. The summed E-state index contributed by atoms with van der Waals surface area (Å²) in [5.74, 6) is -1.09. The molecule has 0 bridgehead atoms. The fourth-order valence-electron chi connectivity index (χ4n) is 1.47. The first kappa shape index (κ1) is 17.9. The van der Waals surface area contributed by atoms with Crippen molar-refractivity contribution in [3.05, 3.63) is 0 Å². The van der Waals surface area contributed by atoms with Crippen LogP contribution in [-0.2, 0) is 19.1 Å². The van der Waals surface area contributed by atoms with Crippen LogP contribution in [0, 0.1) is 0 Å². The quantitative estimate of drug-likeness (QED) is 0.437. The second-order valence-electron chi connectivity index (χ2n) is 4.64. The van der Waals surface area contributed by atoms with E-state index in [9.17, 15) is 9.59 Å². The highest BCUT2D eigenvalue weighted by Crippen LogP contribution is 2.04. The van der Waals surface area contributed by atoms with E-state index in [0.29, 0.717) is 32.3 Å². The molecule has 0 heterocycles. The van der Waals surface area contributed by atoms with E-state index in [0.717, 1.165) is 19.4 Å². The second kappa shape index (κ2) is 12.0. The maximum atomic E-state index is 11.3. The van der Waals surface area contributed by atoms with Crippen LogP contribution >= 0.6 is 0 Å². The molecular formula is C14H26O5. The van der Waals surface area contributed by atoms with Crippen LogP contribution in [0.2, 0.25) is 0 Å². The molecule has 0 saturated heterocycles. The van der Waals surface area contributed by atoms with Gasteiger partial charge in [-0.05, 0) is 26.2 Å². The second-order valence-corrected chi connectivity index (χ2v) is 4.64. The number of rotatable bonds is 12. The van der Waals surface area contributed by atoms with Crippen molar-refractivity contribution in [1.82, 2.24) is 0 Å². The van der Waals surface area contributed by atoms with Crippen LogP contribution in [0.25, 0.3) is 0 Å². The predicted molar refractivity (Wildman–Crippen MR) is 72.0 cm³/mol. The third-order valence-electron chi connectivity index (χ3n) is 2.71. The Morgan fingerprint density at radius 3 is 2.42 bits per heavy atom. The van der Waals surface area contributed by atoms with Gasteiger partial charge in [0, 0.05) is 25.9 Å². The number of ether oxygens (including phenoxy) is 2. The molecule has 0 aliphatic carbocycles. The van der Waals surface area contributed by atoms with E-state index in [2.05, 4.69) is 6.92 Å². The summed E-state index contributed by atoms with van der Waals surface area (Å²) >= 11 is 0. The number of hydrogen-bond donors (Lipinski definition) is 1. The fraction of sp³-hybridized carbons (Fsp3) is 0.857. The van der Waals surface area contributed by atoms with E-state index in [1.807, 2.05) is 6.92 Å². The molecule has 0 aliphatic heterocycles. The Labute approximate surface area is 115 Å². The molecule has 0 amide bonds. The average molecular weight is 274 g/mol. The van der Waals surface area contributed by atoms with Gasteiger partial charge in [0.05, 0.1) is 12.7 Å². The van der Waals surface area contributed by atoms with Crippen molar-refractivity contribution >= 4 is 11.9 Å². The van der Waals surface area contributed by atoms with Crippen LogP contribution in [0.5, 0.6) is 0 Å². The molecule has 112 valence electrons. The maximum absolute atomic E-state index is 11.3. The van der Waals surface area contributed by atoms with Crippen LogP contribution in [0.15, 0.2) is 0 Å². The molecule has 0 aliphatic rings. The number of unbranched alkanes of at least 4 members (excludes halogenated alkanes) is 2. The highest BCUT2D eigenvalue weighted by molar-refractivity contribution is 5.69. The minimum atomic E-state index is -0.827. The number of esters is 1. The van der Waals surface area contributed by atoms with E-state index < -0.39 is 5.97 Å². The third-order valence-corrected chi connectivity index (χ3v) is 2.71. The molecule has 1 unspecified atom stereocenters. The molecule has 0 spiro atoms. The monoisotopic (exact) mass is 274 g/mol. The average Bonchev–Trinajstić information content (AvgIpc) is 2.35. The molecule has 1 N–H and O–H groups in total. The van der Waals surface area contributed by atoms with Gasteiger partial charge in [-0.1, -0.05) is 13.3 Å². The molecule has 5 heteroatoms. The summed E-state index contributed by atoms with van der Waals surface area (Å²) in [7, 11) is 0. The lowest BCUT2D eigenvalue weighted by molar-refractivity contribution is -0.145. The number of carboxylic acids is 1. The van der Waals surface area contributed by atoms with E-state index >= 15 is 0 Å². The molecule has 0 aromatic heterocycles. The van der Waals surface area contributed by atoms with Crippen molar-refractivity contribution in [3.8, 4) is 0 Å². The van der Waals surface area contributed by atoms with Gasteiger partial charge in [-0.15, -0.1) is 0 Å². The van der Waals surface area contributed by atoms with Gasteiger partial charge in [0.15, 0.2) is 0 Å². The van der Waals surface area contributed by atoms with Gasteiger partial charge in [-0.25, -0.2) is 0 Å². The summed E-state index contributed by atoms with van der Waals surface area (Å²) in [4.78, 5) is 21.6. The Morgan fingerprint density at radius 1 is 1.11 bits per heavy atom. The van der Waals surface area contributed by atoms with Crippen LogP contribution < -0.4 is 0 Å². The van der Waals surface area contributed by atoms with E-state index in [-0.39, 0.29) is 18.5 Å². The first-order chi connectivity index (χ1) is 9.06. The Hall–Kier alpha value is -1.10. The Morgan fingerprint density at radius 2 is 1.79 bits per heavy atom. The van der Waals surface area contributed by atoms with Crippen LogP contribution in [0.1, 0.15) is 58.8 Å². The number of carboxylic acid groups (broad SMARTS) is 1. The Bertz CT molecular complexity index is 252. The van der Waals surface area contributed by atoms with Gasteiger partial charge in [-0.2, -0.15) is 0 Å². The van der Waals surface area contributed by atoms with Crippen molar-refractivity contribution in [2.24, 2.45) is 0 Å². The van der Waals surface area contributed by atoms with E-state index in [1.54, 1.807) is 0 Å². The number of hydrogen-bond acceptors (Lipinski definition) is 4. The smallest absolute Gasteiger partial charge is 0.305 e. The summed E-state index contributed by atoms with van der Waals surface area (Å²) in [6.45, 7) is 5.20. The van der Waals surface area contributed by atoms with Crippen molar-refractivity contribution in [2.75, 3.05) is 13.2 Å². The zero-order valence-corrected chi connectivity index (χ0v) is 12.0. The minimum Gasteiger partial charge on any atom is -0.481 e. The van der Waals surface area contributed by atoms with Gasteiger partial charge in [0.2, 0.25) is 0 Å². The largest absolute Gasteiger partial charge is 0.481 e. The number of carbonyl (C=O) groups excluding carboxylic acids is 1. The molecule has 0 radical (unpaired) electrons. The highest BCUT2D eigenvalue weighted by atomic mass is 16.5. The lowest BCUT2D eigenvalue weighted by Crippen LogP contribution is -2.14. The lowest BCUT2D eigenvalue weighted by atomic mass is 10.2. The summed E-state index contributed by atoms with van der Waals surface area (Å²) in [5.41, 5.74) is 0. The molecule has 5 nitrogen and oxygen atoms in total. The van der Waals surface area contributed by atoms with Gasteiger partial charge < -0.3 is 14.6 Å². The summed E-state index contributed by atoms with van der Waals surface area (Å²) in [6, 6.07) is 0. The summed E-state index contributed by atoms with van der Waals surface area (Å²) in [6.07, 6.45) is 4.44. The van der Waals surface area contributed by atoms with Crippen molar-refractivity contribution in [2.45, 2.75) is 64.9 Å². The van der Waals surface area contributed by atoms with Gasteiger partial charge in [0.25, 0.3) is 0 Å². The molecule has 0 aromatic carbocycles. The molecule has 19 heavy (non-hydrogen) atoms. The topological polar surface area (TPSA) is 72.8 Å². The Balaban J connectivity index is 3.39. The van der Waals surface area contributed by atoms with E-state index in [4.69, 9.17) is 14.6 Å². The van der Waals surface area contributed by atoms with Crippen LogP contribution in [0.3, 0.4) is 0 Å². The molecular weight excluding hydrogens is 248 g/mol. The number of carbonyl (C=O) groups is 2. The number of aliphatic carboxylic acids is 1. The predicted octanol–water partition coefficient (Wildman–Crippen LogP) is 2.77. The normalized spacial score (nSPS) is 12.1. The lowest BCUT2D eigenvalue weighted by Gasteiger charge is -2.12. The van der Waals surface area contributed by atoms with Crippen LogP contribution in [0.4, 0.5) is 0 Å². The van der Waals surface area contributed by atoms with Gasteiger partial charge in [-0.3, -0.25) is 9.59 Å². The fourth-order valence-corrected chi connectivity index (χ4v) is 1.47. The van der Waals surface area contributed by atoms with Crippen molar-refractivity contribution < 1.29 is 24.2 Å².